The van der Waals surface area contributed by atoms with Crippen LogP contribution in [-0.2, 0) is 9.59 Å². The molecule has 114 valence electrons. The van der Waals surface area contributed by atoms with Crippen molar-refractivity contribution in [2.45, 2.75) is 6.42 Å². The smallest absolute Gasteiger partial charge is 0.252 e. The standard InChI is InChI=1S/C15H11Cl3N2O2/c16-8-4-9(17)13(10(18)5-8)19-20-14(21)11-6-1-2-7(3-6)12(11)15(20)22/h1-2,4-7,11-12,19H,3H2/t6-,7+,11-,12-/m0/s1. The number of allylic oxidation sites excluding steroid dienone is 2. The number of fused-ring (bicyclic) bond motifs is 5. The van der Waals surface area contributed by atoms with Crippen molar-refractivity contribution < 1.29 is 9.59 Å². The monoisotopic (exact) mass is 356 g/mol. The van der Waals surface area contributed by atoms with Gasteiger partial charge >= 0.3 is 0 Å². The summed E-state index contributed by atoms with van der Waals surface area (Å²) in [5.41, 5.74) is 3.10. The number of halogens is 3. The second kappa shape index (κ2) is 4.88. The van der Waals surface area contributed by atoms with Crippen LogP contribution in [0.2, 0.25) is 15.1 Å². The predicted octanol–water partition coefficient (Wildman–Crippen LogP) is 3.78. The first kappa shape index (κ1) is 14.4. The van der Waals surface area contributed by atoms with Gasteiger partial charge in [-0.3, -0.25) is 15.0 Å². The van der Waals surface area contributed by atoms with E-state index >= 15 is 0 Å². The molecule has 1 aromatic carbocycles. The fraction of sp³-hybridized carbons (Fsp3) is 0.333. The van der Waals surface area contributed by atoms with Gasteiger partial charge in [-0.15, -0.1) is 0 Å². The lowest BCUT2D eigenvalue weighted by molar-refractivity contribution is -0.139. The molecule has 1 N–H and O–H groups in total. The van der Waals surface area contributed by atoms with E-state index in [0.29, 0.717) is 10.7 Å². The maximum absolute atomic E-state index is 12.6. The Morgan fingerprint density at radius 3 is 1.95 bits per heavy atom. The highest BCUT2D eigenvalue weighted by Crippen LogP contribution is 2.52. The molecule has 2 bridgehead atoms. The molecule has 0 spiro atoms. The quantitative estimate of drug-likeness (QED) is 0.647. The summed E-state index contributed by atoms with van der Waals surface area (Å²) in [5.74, 6) is -0.633. The van der Waals surface area contributed by atoms with Crippen LogP contribution < -0.4 is 5.43 Å². The summed E-state index contributed by atoms with van der Waals surface area (Å²) < 4.78 is 0. The number of nitrogens with one attached hydrogen (secondary N) is 1. The molecule has 22 heavy (non-hydrogen) atoms. The molecule has 0 aromatic heterocycles. The van der Waals surface area contributed by atoms with Crippen LogP contribution in [0, 0.1) is 23.7 Å². The van der Waals surface area contributed by atoms with Gasteiger partial charge in [-0.05, 0) is 30.4 Å². The highest BCUT2D eigenvalue weighted by atomic mass is 35.5. The summed E-state index contributed by atoms with van der Waals surface area (Å²) in [6.45, 7) is 0. The zero-order chi connectivity index (χ0) is 15.6. The minimum atomic E-state index is -0.264. The molecular weight excluding hydrogens is 347 g/mol. The third-order valence-electron chi connectivity index (χ3n) is 4.70. The average molecular weight is 358 g/mol. The molecule has 1 aliphatic heterocycles. The molecule has 0 radical (unpaired) electrons. The van der Waals surface area contributed by atoms with Crippen LogP contribution in [-0.4, -0.2) is 16.8 Å². The van der Waals surface area contributed by atoms with Crippen molar-refractivity contribution in [2.75, 3.05) is 5.43 Å². The molecule has 7 heteroatoms. The molecule has 2 aliphatic carbocycles. The maximum atomic E-state index is 12.6. The second-order valence-electron chi connectivity index (χ2n) is 5.87. The lowest BCUT2D eigenvalue weighted by Crippen LogP contribution is -2.38. The summed E-state index contributed by atoms with van der Waals surface area (Å²) in [6, 6.07) is 3.02. The Labute approximate surface area is 142 Å². The number of amides is 2. The zero-order valence-electron chi connectivity index (χ0n) is 11.2. The Bertz CT molecular complexity index is 680. The highest BCUT2D eigenvalue weighted by Gasteiger charge is 2.59. The molecule has 1 heterocycles. The van der Waals surface area contributed by atoms with E-state index in [0.717, 1.165) is 11.4 Å². The minimum Gasteiger partial charge on any atom is -0.286 e. The van der Waals surface area contributed by atoms with Crippen molar-refractivity contribution >= 4 is 52.3 Å². The topological polar surface area (TPSA) is 49.4 Å². The maximum Gasteiger partial charge on any atom is 0.252 e. The number of imide groups is 1. The van der Waals surface area contributed by atoms with Gasteiger partial charge in [0.05, 0.1) is 27.6 Å². The number of carbonyl (C=O) groups is 2. The van der Waals surface area contributed by atoms with E-state index in [-0.39, 0.29) is 45.5 Å². The first-order valence-corrected chi connectivity index (χ1v) is 8.08. The Kier molecular flexibility index (Phi) is 3.19. The largest absolute Gasteiger partial charge is 0.286 e. The summed E-state index contributed by atoms with van der Waals surface area (Å²) in [6.07, 6.45) is 4.98. The molecule has 1 saturated heterocycles. The van der Waals surface area contributed by atoms with Crippen molar-refractivity contribution in [3.63, 3.8) is 0 Å². The van der Waals surface area contributed by atoms with Crippen LogP contribution in [0.25, 0.3) is 0 Å². The van der Waals surface area contributed by atoms with Gasteiger partial charge in [0.2, 0.25) is 0 Å². The highest BCUT2D eigenvalue weighted by molar-refractivity contribution is 6.41. The van der Waals surface area contributed by atoms with E-state index in [1.165, 1.54) is 12.1 Å². The predicted molar refractivity (Wildman–Crippen MR) is 84.7 cm³/mol. The first-order chi connectivity index (χ1) is 10.5. The van der Waals surface area contributed by atoms with Crippen molar-refractivity contribution in [3.8, 4) is 0 Å². The number of hydrogen-bond acceptors (Lipinski definition) is 3. The number of carbonyl (C=O) groups excluding carboxylic acids is 2. The molecule has 0 unspecified atom stereocenters. The van der Waals surface area contributed by atoms with Gasteiger partial charge in [0, 0.05) is 5.02 Å². The normalized spacial score (nSPS) is 32.0. The molecule has 2 amide bonds. The van der Waals surface area contributed by atoms with Gasteiger partial charge in [0.1, 0.15) is 0 Å². The van der Waals surface area contributed by atoms with Gasteiger partial charge in [-0.25, -0.2) is 0 Å². The lowest BCUT2D eigenvalue weighted by Gasteiger charge is -2.20. The Balaban J connectivity index is 1.66. The van der Waals surface area contributed by atoms with Crippen molar-refractivity contribution in [1.82, 2.24) is 5.01 Å². The summed E-state index contributed by atoms with van der Waals surface area (Å²) in [4.78, 5) is 25.2. The molecule has 4 nitrogen and oxygen atoms in total. The van der Waals surface area contributed by atoms with Gasteiger partial charge < -0.3 is 0 Å². The van der Waals surface area contributed by atoms with Crippen molar-refractivity contribution in [3.05, 3.63) is 39.4 Å². The van der Waals surface area contributed by atoms with Crippen molar-refractivity contribution in [1.29, 1.82) is 0 Å². The molecule has 3 aliphatic rings. The van der Waals surface area contributed by atoms with E-state index < -0.39 is 0 Å². The third-order valence-corrected chi connectivity index (χ3v) is 5.52. The number of nitrogens with zero attached hydrogens (tertiary/aromatic N) is 1. The number of rotatable bonds is 2. The summed E-state index contributed by atoms with van der Waals surface area (Å²) >= 11 is 18.1. The van der Waals surface area contributed by atoms with Crippen LogP contribution in [0.3, 0.4) is 0 Å². The fourth-order valence-corrected chi connectivity index (χ4v) is 4.67. The van der Waals surface area contributed by atoms with Gasteiger partial charge in [-0.2, -0.15) is 5.01 Å². The van der Waals surface area contributed by atoms with Crippen LogP contribution in [0.15, 0.2) is 24.3 Å². The molecule has 1 aromatic rings. The Morgan fingerprint density at radius 2 is 1.45 bits per heavy atom. The second-order valence-corrected chi connectivity index (χ2v) is 7.12. The molecule has 1 saturated carbocycles. The molecule has 4 rings (SSSR count). The van der Waals surface area contributed by atoms with E-state index in [2.05, 4.69) is 5.43 Å². The minimum absolute atomic E-state index is 0.161. The van der Waals surface area contributed by atoms with Crippen molar-refractivity contribution in [2.24, 2.45) is 23.7 Å². The van der Waals surface area contributed by atoms with E-state index in [1.54, 1.807) is 0 Å². The van der Waals surface area contributed by atoms with E-state index in [4.69, 9.17) is 34.8 Å². The molecular formula is C15H11Cl3N2O2. The van der Waals surface area contributed by atoms with Crippen LogP contribution in [0.4, 0.5) is 5.69 Å². The lowest BCUT2D eigenvalue weighted by atomic mass is 9.85. The van der Waals surface area contributed by atoms with E-state index in [9.17, 15) is 9.59 Å². The summed E-state index contributed by atoms with van der Waals surface area (Å²) in [5, 5.41) is 1.97. The third kappa shape index (κ3) is 1.91. The number of anilines is 1. The first-order valence-electron chi connectivity index (χ1n) is 6.94. The summed E-state index contributed by atoms with van der Waals surface area (Å²) in [7, 11) is 0. The SMILES string of the molecule is O=C1[C@@H]2[C@@H](C(=O)N1Nc1c(Cl)cc(Cl)cc1Cl)[C@H]1C=C[C@@H]2C1. The number of benzene rings is 1. The van der Waals surface area contributed by atoms with Crippen LogP contribution in [0.5, 0.6) is 0 Å². The zero-order valence-corrected chi connectivity index (χ0v) is 13.5. The number of hydrogen-bond donors (Lipinski definition) is 1. The molecule has 2 fully saturated rings. The number of hydrazine groups is 1. The average Bonchev–Trinajstić information content (AvgIpc) is 3.10. The molecule has 4 atom stereocenters. The van der Waals surface area contributed by atoms with Crippen LogP contribution in [0.1, 0.15) is 6.42 Å². The van der Waals surface area contributed by atoms with Gasteiger partial charge in [-0.1, -0.05) is 47.0 Å². The fourth-order valence-electron chi connectivity index (χ4n) is 3.77. The van der Waals surface area contributed by atoms with Gasteiger partial charge in [0.15, 0.2) is 0 Å². The van der Waals surface area contributed by atoms with E-state index in [1.807, 2.05) is 12.2 Å². The van der Waals surface area contributed by atoms with Gasteiger partial charge in [0.25, 0.3) is 11.8 Å². The Hall–Kier alpha value is -1.23. The Morgan fingerprint density at radius 1 is 0.955 bits per heavy atom. The van der Waals surface area contributed by atoms with Crippen LogP contribution >= 0.6 is 34.8 Å².